The number of ether oxygens (including phenoxy) is 1. The van der Waals surface area contributed by atoms with E-state index in [1.165, 1.54) is 0 Å². The van der Waals surface area contributed by atoms with Crippen molar-refractivity contribution in [3.8, 4) is 5.75 Å². The summed E-state index contributed by atoms with van der Waals surface area (Å²) in [5.74, 6) is 0.625. The van der Waals surface area contributed by atoms with Gasteiger partial charge < -0.3 is 9.84 Å². The van der Waals surface area contributed by atoms with Gasteiger partial charge in [0.05, 0.1) is 6.10 Å². The lowest BCUT2D eigenvalue weighted by Crippen LogP contribution is -2.01. The monoisotopic (exact) mass is 374 g/mol. The first kappa shape index (κ1) is 15.6. The highest BCUT2D eigenvalue weighted by atomic mass is 79.9. The second-order valence-electron chi connectivity index (χ2n) is 4.38. The first-order chi connectivity index (χ1) is 9.47. The highest BCUT2D eigenvalue weighted by molar-refractivity contribution is 9.10. The van der Waals surface area contributed by atoms with E-state index in [2.05, 4.69) is 15.9 Å². The zero-order valence-electron chi connectivity index (χ0n) is 10.7. The first-order valence-corrected chi connectivity index (χ1v) is 7.56. The molecule has 0 amide bonds. The summed E-state index contributed by atoms with van der Waals surface area (Å²) in [6, 6.07) is 10.8. The molecular formula is C15H13BrCl2O2. The van der Waals surface area contributed by atoms with Crippen LogP contribution in [0.15, 0.2) is 40.9 Å². The summed E-state index contributed by atoms with van der Waals surface area (Å²) >= 11 is 15.4. The summed E-state index contributed by atoms with van der Waals surface area (Å²) in [4.78, 5) is 0. The van der Waals surface area contributed by atoms with Crippen LogP contribution in [0.3, 0.4) is 0 Å². The summed E-state index contributed by atoms with van der Waals surface area (Å²) in [5.41, 5.74) is 1.57. The third-order valence-electron chi connectivity index (χ3n) is 2.82. The molecule has 1 atom stereocenters. The second-order valence-corrected chi connectivity index (χ2v) is 6.14. The van der Waals surface area contributed by atoms with Crippen molar-refractivity contribution in [2.24, 2.45) is 0 Å². The van der Waals surface area contributed by atoms with Gasteiger partial charge in [-0.05, 0) is 31.2 Å². The molecule has 0 unspecified atom stereocenters. The number of hydrogen-bond acceptors (Lipinski definition) is 2. The SMILES string of the molecule is C[C@@H](O)c1ccc(Br)cc1OCc1ccc(Cl)cc1Cl. The fourth-order valence-electron chi connectivity index (χ4n) is 1.77. The Balaban J connectivity index is 2.20. The Labute approximate surface area is 136 Å². The Kier molecular flexibility index (Phi) is 5.33. The molecule has 0 bridgehead atoms. The summed E-state index contributed by atoms with van der Waals surface area (Å²) in [7, 11) is 0. The zero-order valence-corrected chi connectivity index (χ0v) is 13.8. The van der Waals surface area contributed by atoms with Crippen molar-refractivity contribution in [1.82, 2.24) is 0 Å². The molecule has 0 radical (unpaired) electrons. The van der Waals surface area contributed by atoms with Gasteiger partial charge in [-0.15, -0.1) is 0 Å². The van der Waals surface area contributed by atoms with Crippen molar-refractivity contribution in [2.45, 2.75) is 19.6 Å². The van der Waals surface area contributed by atoms with Crippen LogP contribution in [0.5, 0.6) is 5.75 Å². The van der Waals surface area contributed by atoms with Gasteiger partial charge in [-0.2, -0.15) is 0 Å². The molecular weight excluding hydrogens is 363 g/mol. The zero-order chi connectivity index (χ0) is 14.7. The third kappa shape index (κ3) is 3.89. The predicted octanol–water partition coefficient (Wildman–Crippen LogP) is 5.39. The Morgan fingerprint density at radius 3 is 2.60 bits per heavy atom. The Bertz CT molecular complexity index is 615. The van der Waals surface area contributed by atoms with Gasteiger partial charge in [0, 0.05) is 25.6 Å². The maximum Gasteiger partial charge on any atom is 0.126 e. The summed E-state index contributed by atoms with van der Waals surface area (Å²) in [5, 5.41) is 10.9. The van der Waals surface area contributed by atoms with Crippen LogP contribution in [-0.2, 0) is 6.61 Å². The highest BCUT2D eigenvalue weighted by Gasteiger charge is 2.11. The topological polar surface area (TPSA) is 29.5 Å². The van der Waals surface area contributed by atoms with E-state index in [-0.39, 0.29) is 0 Å². The van der Waals surface area contributed by atoms with Gasteiger partial charge in [-0.3, -0.25) is 0 Å². The van der Waals surface area contributed by atoms with Crippen LogP contribution in [0.4, 0.5) is 0 Å². The molecule has 0 heterocycles. The van der Waals surface area contributed by atoms with E-state index in [1.807, 2.05) is 24.3 Å². The number of benzene rings is 2. The molecule has 0 saturated carbocycles. The van der Waals surface area contributed by atoms with E-state index < -0.39 is 6.10 Å². The van der Waals surface area contributed by atoms with E-state index >= 15 is 0 Å². The van der Waals surface area contributed by atoms with Crippen molar-refractivity contribution in [3.05, 3.63) is 62.0 Å². The summed E-state index contributed by atoms with van der Waals surface area (Å²) in [6.07, 6.45) is -0.598. The molecule has 2 aromatic carbocycles. The normalized spacial score (nSPS) is 12.2. The molecule has 0 spiro atoms. The van der Waals surface area contributed by atoms with Crippen LogP contribution >= 0.6 is 39.1 Å². The van der Waals surface area contributed by atoms with Crippen LogP contribution in [0.1, 0.15) is 24.2 Å². The van der Waals surface area contributed by atoms with Crippen LogP contribution in [0.2, 0.25) is 10.0 Å². The van der Waals surface area contributed by atoms with Gasteiger partial charge in [-0.1, -0.05) is 51.3 Å². The lowest BCUT2D eigenvalue weighted by molar-refractivity contribution is 0.190. The van der Waals surface area contributed by atoms with Gasteiger partial charge in [0.25, 0.3) is 0 Å². The van der Waals surface area contributed by atoms with Gasteiger partial charge in [-0.25, -0.2) is 0 Å². The smallest absolute Gasteiger partial charge is 0.126 e. The van der Waals surface area contributed by atoms with Gasteiger partial charge in [0.1, 0.15) is 12.4 Å². The molecule has 0 aliphatic carbocycles. The molecule has 0 aliphatic rings. The molecule has 106 valence electrons. The Hall–Kier alpha value is -0.740. The fraction of sp³-hybridized carbons (Fsp3) is 0.200. The molecule has 0 aliphatic heterocycles. The number of hydrogen-bond donors (Lipinski definition) is 1. The minimum Gasteiger partial charge on any atom is -0.488 e. The van der Waals surface area contributed by atoms with E-state index in [4.69, 9.17) is 27.9 Å². The summed E-state index contributed by atoms with van der Waals surface area (Å²) < 4.78 is 6.66. The van der Waals surface area contributed by atoms with Gasteiger partial charge in [0.2, 0.25) is 0 Å². The largest absolute Gasteiger partial charge is 0.488 e. The molecule has 1 N–H and O–H groups in total. The molecule has 0 saturated heterocycles. The second kappa shape index (κ2) is 6.81. The van der Waals surface area contributed by atoms with E-state index in [1.54, 1.807) is 19.1 Å². The molecule has 2 nitrogen and oxygen atoms in total. The van der Waals surface area contributed by atoms with Crippen molar-refractivity contribution in [2.75, 3.05) is 0 Å². The molecule has 20 heavy (non-hydrogen) atoms. The van der Waals surface area contributed by atoms with Crippen molar-refractivity contribution < 1.29 is 9.84 Å². The van der Waals surface area contributed by atoms with E-state index in [0.29, 0.717) is 22.4 Å². The standard InChI is InChI=1S/C15H13BrCl2O2/c1-9(19)13-5-3-11(16)6-15(13)20-8-10-2-4-12(17)7-14(10)18/h2-7,9,19H,8H2,1H3/t9-/m1/s1. The number of halogens is 3. The number of aliphatic hydroxyl groups is 1. The van der Waals surface area contributed by atoms with Crippen LogP contribution in [0.25, 0.3) is 0 Å². The van der Waals surface area contributed by atoms with Crippen LogP contribution in [-0.4, -0.2) is 5.11 Å². The highest BCUT2D eigenvalue weighted by Crippen LogP contribution is 2.30. The van der Waals surface area contributed by atoms with Crippen molar-refractivity contribution >= 4 is 39.1 Å². The first-order valence-electron chi connectivity index (χ1n) is 6.01. The molecule has 2 aromatic rings. The Morgan fingerprint density at radius 2 is 1.95 bits per heavy atom. The summed E-state index contributed by atoms with van der Waals surface area (Å²) in [6.45, 7) is 2.01. The fourth-order valence-corrected chi connectivity index (χ4v) is 2.58. The van der Waals surface area contributed by atoms with Crippen molar-refractivity contribution in [3.63, 3.8) is 0 Å². The molecule has 5 heteroatoms. The van der Waals surface area contributed by atoms with Gasteiger partial charge in [0.15, 0.2) is 0 Å². The van der Waals surface area contributed by atoms with E-state index in [0.717, 1.165) is 15.6 Å². The molecule has 0 aromatic heterocycles. The average molecular weight is 376 g/mol. The number of aliphatic hydroxyl groups excluding tert-OH is 1. The van der Waals surface area contributed by atoms with Crippen LogP contribution in [0, 0.1) is 0 Å². The van der Waals surface area contributed by atoms with Crippen molar-refractivity contribution in [1.29, 1.82) is 0 Å². The third-order valence-corrected chi connectivity index (χ3v) is 3.90. The van der Waals surface area contributed by atoms with E-state index in [9.17, 15) is 5.11 Å². The molecule has 2 rings (SSSR count). The maximum atomic E-state index is 9.74. The minimum absolute atomic E-state index is 0.312. The maximum absolute atomic E-state index is 9.74. The number of rotatable bonds is 4. The lowest BCUT2D eigenvalue weighted by atomic mass is 10.1. The Morgan fingerprint density at radius 1 is 1.20 bits per heavy atom. The minimum atomic E-state index is -0.598. The average Bonchev–Trinajstić information content (AvgIpc) is 2.37. The lowest BCUT2D eigenvalue weighted by Gasteiger charge is -2.14. The van der Waals surface area contributed by atoms with Gasteiger partial charge >= 0.3 is 0 Å². The predicted molar refractivity (Wildman–Crippen MR) is 85.6 cm³/mol. The van der Waals surface area contributed by atoms with Crippen LogP contribution < -0.4 is 4.74 Å². The molecule has 0 fully saturated rings. The quantitative estimate of drug-likeness (QED) is 0.776.